The van der Waals surface area contributed by atoms with Gasteiger partial charge in [-0.05, 0) is 36.3 Å². The molecule has 0 N–H and O–H groups in total. The quantitative estimate of drug-likeness (QED) is 0.823. The third-order valence-electron chi connectivity index (χ3n) is 6.00. The molecular formula is C22H32N2O2. The highest BCUT2D eigenvalue weighted by Crippen LogP contribution is 2.40. The van der Waals surface area contributed by atoms with Gasteiger partial charge in [-0.2, -0.15) is 0 Å². The van der Waals surface area contributed by atoms with Gasteiger partial charge in [-0.15, -0.1) is 0 Å². The molecule has 2 amide bonds. The highest BCUT2D eigenvalue weighted by molar-refractivity contribution is 5.86. The molecule has 0 unspecified atom stereocenters. The van der Waals surface area contributed by atoms with Gasteiger partial charge in [0.1, 0.15) is 0 Å². The van der Waals surface area contributed by atoms with Gasteiger partial charge in [-0.25, -0.2) is 0 Å². The van der Waals surface area contributed by atoms with Crippen molar-refractivity contribution in [3.8, 4) is 0 Å². The molecule has 3 rings (SSSR count). The number of amides is 2. The molecular weight excluding hydrogens is 324 g/mol. The molecule has 26 heavy (non-hydrogen) atoms. The van der Waals surface area contributed by atoms with Crippen molar-refractivity contribution in [2.45, 2.75) is 59.4 Å². The molecule has 2 heterocycles. The first-order valence-corrected chi connectivity index (χ1v) is 9.99. The van der Waals surface area contributed by atoms with E-state index >= 15 is 0 Å². The smallest absolute Gasteiger partial charge is 0.230 e. The van der Waals surface area contributed by atoms with Gasteiger partial charge in [0, 0.05) is 32.1 Å². The number of benzene rings is 1. The van der Waals surface area contributed by atoms with Gasteiger partial charge >= 0.3 is 0 Å². The minimum Gasteiger partial charge on any atom is -0.341 e. The predicted octanol–water partition coefficient (Wildman–Crippen LogP) is 3.81. The summed E-state index contributed by atoms with van der Waals surface area (Å²) in [5.41, 5.74) is 2.17. The second-order valence-corrected chi connectivity index (χ2v) is 8.67. The highest BCUT2D eigenvalue weighted by atomic mass is 16.2. The molecule has 4 heteroatoms. The molecule has 2 aliphatic heterocycles. The van der Waals surface area contributed by atoms with E-state index in [1.807, 2.05) is 23.6 Å². The summed E-state index contributed by atoms with van der Waals surface area (Å²) >= 11 is 0. The van der Waals surface area contributed by atoms with Crippen molar-refractivity contribution < 1.29 is 9.59 Å². The molecule has 0 bridgehead atoms. The largest absolute Gasteiger partial charge is 0.341 e. The lowest BCUT2D eigenvalue weighted by Gasteiger charge is -2.39. The molecule has 2 saturated heterocycles. The zero-order valence-electron chi connectivity index (χ0n) is 16.6. The number of hydrogen-bond donors (Lipinski definition) is 0. The third kappa shape index (κ3) is 3.65. The Hall–Kier alpha value is -1.84. The summed E-state index contributed by atoms with van der Waals surface area (Å²) in [4.78, 5) is 29.5. The Kier molecular flexibility index (Phi) is 5.40. The molecule has 0 radical (unpaired) electrons. The van der Waals surface area contributed by atoms with Crippen molar-refractivity contribution in [3.63, 3.8) is 0 Å². The molecule has 1 aromatic rings. The first-order chi connectivity index (χ1) is 12.3. The van der Waals surface area contributed by atoms with E-state index in [0.29, 0.717) is 19.0 Å². The molecule has 0 saturated carbocycles. The average Bonchev–Trinajstić information content (AvgIpc) is 3.04. The van der Waals surface area contributed by atoms with Gasteiger partial charge in [0.05, 0.1) is 5.41 Å². The van der Waals surface area contributed by atoms with Crippen molar-refractivity contribution >= 4 is 11.8 Å². The van der Waals surface area contributed by atoms with Crippen LogP contribution in [0.2, 0.25) is 0 Å². The summed E-state index contributed by atoms with van der Waals surface area (Å²) in [6.45, 7) is 11.1. The van der Waals surface area contributed by atoms with E-state index in [4.69, 9.17) is 0 Å². The standard InChI is InChI=1S/C22H32N2O2/c1-16(2)19-8-6-18(7-9-19)14-23-12-5-10-22(21(23)26)11-13-24(15-22)20(25)17(3)4/h6-9,16-17H,5,10-15H2,1-4H3/t22-/m0/s1. The van der Waals surface area contributed by atoms with Crippen LogP contribution in [0.25, 0.3) is 0 Å². The van der Waals surface area contributed by atoms with Crippen LogP contribution in [-0.4, -0.2) is 41.2 Å². The highest BCUT2D eigenvalue weighted by Gasteiger charge is 2.49. The molecule has 1 aromatic carbocycles. The van der Waals surface area contributed by atoms with Crippen LogP contribution in [0.1, 0.15) is 64.0 Å². The van der Waals surface area contributed by atoms with Crippen LogP contribution in [0.5, 0.6) is 0 Å². The average molecular weight is 357 g/mol. The topological polar surface area (TPSA) is 40.6 Å². The lowest BCUT2D eigenvalue weighted by molar-refractivity contribution is -0.147. The Labute approximate surface area is 157 Å². The monoisotopic (exact) mass is 356 g/mol. The van der Waals surface area contributed by atoms with Crippen LogP contribution >= 0.6 is 0 Å². The normalized spacial score (nSPS) is 23.5. The van der Waals surface area contributed by atoms with Crippen molar-refractivity contribution in [2.24, 2.45) is 11.3 Å². The van der Waals surface area contributed by atoms with E-state index < -0.39 is 0 Å². The van der Waals surface area contributed by atoms with Gasteiger partial charge in [0.15, 0.2) is 0 Å². The Morgan fingerprint density at radius 3 is 2.38 bits per heavy atom. The van der Waals surface area contributed by atoms with Crippen LogP contribution < -0.4 is 0 Å². The molecule has 2 aliphatic rings. The van der Waals surface area contributed by atoms with E-state index in [1.54, 1.807) is 0 Å². The molecule has 2 fully saturated rings. The third-order valence-corrected chi connectivity index (χ3v) is 6.00. The fourth-order valence-corrected chi connectivity index (χ4v) is 4.34. The van der Waals surface area contributed by atoms with E-state index in [1.165, 1.54) is 11.1 Å². The first-order valence-electron chi connectivity index (χ1n) is 9.99. The Balaban J connectivity index is 1.69. The molecule has 1 spiro atoms. The van der Waals surface area contributed by atoms with Gasteiger partial charge in [0.25, 0.3) is 0 Å². The summed E-state index contributed by atoms with van der Waals surface area (Å²) in [6.07, 6.45) is 2.75. The number of likely N-dealkylation sites (tertiary alicyclic amines) is 2. The maximum absolute atomic E-state index is 13.3. The van der Waals surface area contributed by atoms with E-state index in [-0.39, 0.29) is 23.1 Å². The number of carbonyl (C=O) groups excluding carboxylic acids is 2. The number of piperidine rings is 1. The van der Waals surface area contributed by atoms with Crippen molar-refractivity contribution in [2.75, 3.05) is 19.6 Å². The molecule has 1 atom stereocenters. The summed E-state index contributed by atoms with van der Waals surface area (Å²) in [7, 11) is 0. The van der Waals surface area contributed by atoms with Crippen molar-refractivity contribution in [3.05, 3.63) is 35.4 Å². The second kappa shape index (κ2) is 7.42. The maximum atomic E-state index is 13.3. The van der Waals surface area contributed by atoms with Crippen molar-refractivity contribution in [1.29, 1.82) is 0 Å². The van der Waals surface area contributed by atoms with Crippen LogP contribution in [0.3, 0.4) is 0 Å². The Morgan fingerprint density at radius 1 is 1.08 bits per heavy atom. The van der Waals surface area contributed by atoms with Gasteiger partial charge < -0.3 is 9.80 Å². The maximum Gasteiger partial charge on any atom is 0.230 e. The minimum absolute atomic E-state index is 0.000539. The number of rotatable bonds is 4. The molecule has 4 nitrogen and oxygen atoms in total. The van der Waals surface area contributed by atoms with E-state index in [9.17, 15) is 9.59 Å². The number of hydrogen-bond acceptors (Lipinski definition) is 2. The lowest BCUT2D eigenvalue weighted by atomic mass is 9.78. The second-order valence-electron chi connectivity index (χ2n) is 8.67. The first kappa shape index (κ1) is 18.9. The number of nitrogens with zero attached hydrogens (tertiary/aromatic N) is 2. The van der Waals surface area contributed by atoms with Crippen LogP contribution in [0, 0.1) is 11.3 Å². The Bertz CT molecular complexity index is 665. The van der Waals surface area contributed by atoms with Crippen LogP contribution in [0.4, 0.5) is 0 Å². The lowest BCUT2D eigenvalue weighted by Crippen LogP contribution is -2.50. The van der Waals surface area contributed by atoms with Gasteiger partial charge in [-0.3, -0.25) is 9.59 Å². The summed E-state index contributed by atoms with van der Waals surface area (Å²) in [5.74, 6) is 0.943. The Morgan fingerprint density at radius 2 is 1.77 bits per heavy atom. The van der Waals surface area contributed by atoms with Crippen molar-refractivity contribution in [1.82, 2.24) is 9.80 Å². The van der Waals surface area contributed by atoms with Gasteiger partial charge in [-0.1, -0.05) is 52.0 Å². The fraction of sp³-hybridized carbons (Fsp3) is 0.636. The van der Waals surface area contributed by atoms with E-state index in [2.05, 4.69) is 38.1 Å². The summed E-state index contributed by atoms with van der Waals surface area (Å²) in [5, 5.41) is 0. The zero-order valence-corrected chi connectivity index (χ0v) is 16.6. The minimum atomic E-state index is -0.347. The van der Waals surface area contributed by atoms with Gasteiger partial charge in [0.2, 0.25) is 11.8 Å². The number of carbonyl (C=O) groups is 2. The van der Waals surface area contributed by atoms with Crippen LogP contribution in [-0.2, 0) is 16.1 Å². The molecule has 142 valence electrons. The molecule has 0 aliphatic carbocycles. The fourth-order valence-electron chi connectivity index (χ4n) is 4.34. The summed E-state index contributed by atoms with van der Waals surface area (Å²) in [6, 6.07) is 8.63. The summed E-state index contributed by atoms with van der Waals surface area (Å²) < 4.78 is 0. The zero-order chi connectivity index (χ0) is 18.9. The van der Waals surface area contributed by atoms with E-state index in [0.717, 1.165) is 32.4 Å². The van der Waals surface area contributed by atoms with Crippen LogP contribution in [0.15, 0.2) is 24.3 Å². The predicted molar refractivity (Wildman–Crippen MR) is 104 cm³/mol. The molecule has 0 aromatic heterocycles. The SMILES string of the molecule is CC(C)C(=O)N1CC[C@@]2(CCCN(Cc3ccc(C(C)C)cc3)C2=O)C1.